The number of rotatable bonds is 7. The lowest BCUT2D eigenvalue weighted by molar-refractivity contribution is 0.485. The molecule has 1 aromatic rings. The van der Waals surface area contributed by atoms with Gasteiger partial charge in [0.25, 0.3) is 0 Å². The molecule has 1 saturated carbocycles. The smallest absolute Gasteiger partial charge is 0.145 e. The predicted molar refractivity (Wildman–Crippen MR) is 79.0 cm³/mol. The van der Waals surface area contributed by atoms with E-state index in [1.165, 1.54) is 25.7 Å². The van der Waals surface area contributed by atoms with Crippen molar-refractivity contribution in [3.63, 3.8) is 0 Å². The van der Waals surface area contributed by atoms with Gasteiger partial charge in [0.15, 0.2) is 0 Å². The minimum Gasteiger partial charge on any atom is -0.369 e. The molecule has 0 aliphatic heterocycles. The van der Waals surface area contributed by atoms with Gasteiger partial charge in [-0.3, -0.25) is 0 Å². The minimum absolute atomic E-state index is 0.291. The largest absolute Gasteiger partial charge is 0.369 e. The number of nitrogens with one attached hydrogen (secondary N) is 2. The van der Waals surface area contributed by atoms with Crippen LogP contribution < -0.4 is 16.6 Å². The van der Waals surface area contributed by atoms with Crippen LogP contribution in [0.25, 0.3) is 0 Å². The van der Waals surface area contributed by atoms with Gasteiger partial charge in [0.05, 0.1) is 0 Å². The summed E-state index contributed by atoms with van der Waals surface area (Å²) in [6, 6.07) is 1.87. The molecule has 1 fully saturated rings. The molecule has 0 aromatic carbocycles. The Bertz CT molecular complexity index is 426. The average molecular weight is 263 g/mol. The van der Waals surface area contributed by atoms with Crippen LogP contribution >= 0.6 is 0 Å². The zero-order chi connectivity index (χ0) is 13.9. The molecule has 0 atom stereocenters. The number of anilines is 2. The van der Waals surface area contributed by atoms with Crippen molar-refractivity contribution >= 4 is 11.6 Å². The summed E-state index contributed by atoms with van der Waals surface area (Å²) < 4.78 is 0. The molecule has 106 valence electrons. The number of hydrazine groups is 1. The van der Waals surface area contributed by atoms with E-state index >= 15 is 0 Å². The Hall–Kier alpha value is -1.36. The lowest BCUT2D eigenvalue weighted by Gasteiger charge is -2.16. The van der Waals surface area contributed by atoms with E-state index in [-0.39, 0.29) is 0 Å². The van der Waals surface area contributed by atoms with Crippen molar-refractivity contribution in [3.8, 4) is 0 Å². The summed E-state index contributed by atoms with van der Waals surface area (Å²) in [6.45, 7) is 7.41. The fourth-order valence-corrected chi connectivity index (χ4v) is 2.39. The van der Waals surface area contributed by atoms with E-state index < -0.39 is 0 Å². The predicted octanol–water partition coefficient (Wildman–Crippen LogP) is 2.88. The van der Waals surface area contributed by atoms with Crippen molar-refractivity contribution in [3.05, 3.63) is 11.9 Å². The Labute approximate surface area is 115 Å². The second kappa shape index (κ2) is 5.74. The Morgan fingerprint density at radius 1 is 1.32 bits per heavy atom. The molecule has 19 heavy (non-hydrogen) atoms. The molecule has 5 heteroatoms. The highest BCUT2D eigenvalue weighted by atomic mass is 15.3. The number of hydrogen-bond acceptors (Lipinski definition) is 5. The maximum Gasteiger partial charge on any atom is 0.145 e. The van der Waals surface area contributed by atoms with Gasteiger partial charge in [0, 0.05) is 18.5 Å². The van der Waals surface area contributed by atoms with Gasteiger partial charge in [0.1, 0.15) is 17.5 Å². The van der Waals surface area contributed by atoms with Gasteiger partial charge in [-0.1, -0.05) is 27.2 Å². The van der Waals surface area contributed by atoms with Crippen LogP contribution in [-0.4, -0.2) is 16.5 Å². The maximum absolute atomic E-state index is 5.46. The first-order valence-electron chi connectivity index (χ1n) is 7.18. The van der Waals surface area contributed by atoms with Gasteiger partial charge < -0.3 is 10.7 Å². The topological polar surface area (TPSA) is 75.9 Å². The second-order valence-corrected chi connectivity index (χ2v) is 5.90. The van der Waals surface area contributed by atoms with Crippen molar-refractivity contribution in [2.75, 3.05) is 17.3 Å². The minimum atomic E-state index is 0.291. The van der Waals surface area contributed by atoms with E-state index in [2.05, 4.69) is 41.5 Å². The zero-order valence-electron chi connectivity index (χ0n) is 12.2. The molecular weight excluding hydrogens is 238 g/mol. The molecule has 0 spiro atoms. The number of nitrogens with zero attached hydrogens (tertiary/aromatic N) is 2. The van der Waals surface area contributed by atoms with Gasteiger partial charge in [-0.2, -0.15) is 0 Å². The van der Waals surface area contributed by atoms with E-state index in [4.69, 9.17) is 5.84 Å². The van der Waals surface area contributed by atoms with E-state index in [1.807, 2.05) is 6.07 Å². The monoisotopic (exact) mass is 263 g/mol. The van der Waals surface area contributed by atoms with Crippen molar-refractivity contribution in [1.82, 2.24) is 9.97 Å². The van der Waals surface area contributed by atoms with Gasteiger partial charge in [-0.25, -0.2) is 15.8 Å². The standard InChI is InChI=1S/C14H25N5/c1-4-5-14(6-7-14)9-16-11-8-12(19-15)18-13(17-11)10(2)3/h8,10H,4-7,9,15H2,1-3H3,(H2,16,17,18,19). The molecule has 1 heterocycles. The third-order valence-corrected chi connectivity index (χ3v) is 3.79. The van der Waals surface area contributed by atoms with E-state index in [0.29, 0.717) is 17.2 Å². The van der Waals surface area contributed by atoms with Crippen LogP contribution in [0, 0.1) is 5.41 Å². The lowest BCUT2D eigenvalue weighted by atomic mass is 10.0. The molecule has 5 nitrogen and oxygen atoms in total. The average Bonchev–Trinajstić information content (AvgIpc) is 3.17. The number of aromatic nitrogens is 2. The lowest BCUT2D eigenvalue weighted by Crippen LogP contribution is -2.18. The Kier molecular flexibility index (Phi) is 4.24. The third kappa shape index (κ3) is 3.56. The van der Waals surface area contributed by atoms with E-state index in [1.54, 1.807) is 0 Å². The second-order valence-electron chi connectivity index (χ2n) is 5.90. The Balaban J connectivity index is 2.05. The van der Waals surface area contributed by atoms with E-state index in [9.17, 15) is 0 Å². The van der Waals surface area contributed by atoms with Gasteiger partial charge in [-0.05, 0) is 24.7 Å². The van der Waals surface area contributed by atoms with Crippen LogP contribution in [0.15, 0.2) is 6.07 Å². The molecule has 0 bridgehead atoms. The molecule has 0 unspecified atom stereocenters. The molecule has 4 N–H and O–H groups in total. The number of hydrogen-bond donors (Lipinski definition) is 3. The molecule has 1 aliphatic carbocycles. The van der Waals surface area contributed by atoms with Crippen molar-refractivity contribution in [2.24, 2.45) is 11.3 Å². The van der Waals surface area contributed by atoms with Crippen molar-refractivity contribution in [2.45, 2.75) is 52.4 Å². The third-order valence-electron chi connectivity index (χ3n) is 3.79. The number of nitrogens with two attached hydrogens (primary N) is 1. The molecule has 2 rings (SSSR count). The normalized spacial score (nSPS) is 16.5. The molecule has 0 saturated heterocycles. The van der Waals surface area contributed by atoms with Crippen LogP contribution in [0.4, 0.5) is 11.6 Å². The van der Waals surface area contributed by atoms with Crippen LogP contribution in [0.2, 0.25) is 0 Å². The highest BCUT2D eigenvalue weighted by Gasteiger charge is 2.41. The summed E-state index contributed by atoms with van der Waals surface area (Å²) in [5.74, 6) is 8.11. The van der Waals surface area contributed by atoms with Crippen molar-refractivity contribution in [1.29, 1.82) is 0 Å². The molecule has 1 aliphatic rings. The van der Waals surface area contributed by atoms with Crippen LogP contribution in [0.3, 0.4) is 0 Å². The van der Waals surface area contributed by atoms with Crippen molar-refractivity contribution < 1.29 is 0 Å². The van der Waals surface area contributed by atoms with Gasteiger partial charge >= 0.3 is 0 Å². The van der Waals surface area contributed by atoms with E-state index in [0.717, 1.165) is 18.2 Å². The fraction of sp³-hybridized carbons (Fsp3) is 0.714. The Morgan fingerprint density at radius 3 is 2.53 bits per heavy atom. The highest BCUT2D eigenvalue weighted by molar-refractivity contribution is 5.47. The first-order chi connectivity index (χ1) is 9.08. The van der Waals surface area contributed by atoms with Crippen LogP contribution in [-0.2, 0) is 0 Å². The first kappa shape index (κ1) is 14.1. The molecule has 1 aromatic heterocycles. The molecule has 0 radical (unpaired) electrons. The fourth-order valence-electron chi connectivity index (χ4n) is 2.39. The summed E-state index contributed by atoms with van der Waals surface area (Å²) in [5.41, 5.74) is 3.12. The summed E-state index contributed by atoms with van der Waals surface area (Å²) in [5, 5.41) is 3.46. The molecular formula is C14H25N5. The molecule has 0 amide bonds. The quantitative estimate of drug-likeness (QED) is 0.521. The summed E-state index contributed by atoms with van der Waals surface area (Å²) in [4.78, 5) is 8.91. The summed E-state index contributed by atoms with van der Waals surface area (Å²) >= 11 is 0. The maximum atomic E-state index is 5.46. The summed E-state index contributed by atoms with van der Waals surface area (Å²) in [7, 11) is 0. The van der Waals surface area contributed by atoms with Gasteiger partial charge in [0.2, 0.25) is 0 Å². The first-order valence-corrected chi connectivity index (χ1v) is 7.18. The highest BCUT2D eigenvalue weighted by Crippen LogP contribution is 2.49. The Morgan fingerprint density at radius 2 is 2.00 bits per heavy atom. The van der Waals surface area contributed by atoms with Gasteiger partial charge in [-0.15, -0.1) is 0 Å². The van der Waals surface area contributed by atoms with Crippen LogP contribution in [0.1, 0.15) is 58.2 Å². The number of nitrogen functional groups attached to an aromatic ring is 1. The SMILES string of the molecule is CCCC1(CNc2cc(NN)nc(C(C)C)n2)CC1. The zero-order valence-corrected chi connectivity index (χ0v) is 12.2. The summed E-state index contributed by atoms with van der Waals surface area (Å²) in [6.07, 6.45) is 5.21. The van der Waals surface area contributed by atoms with Crippen LogP contribution in [0.5, 0.6) is 0 Å².